The Balaban J connectivity index is 2.55. The van der Waals surface area contributed by atoms with Crippen LogP contribution in [0.1, 0.15) is 0 Å². The minimum Gasteiger partial charge on any atom is -0.244 e. The van der Waals surface area contributed by atoms with Crippen LogP contribution in [0.15, 0.2) is 58.6 Å². The zero-order valence-electron chi connectivity index (χ0n) is 7.79. The summed E-state index contributed by atoms with van der Waals surface area (Å²) in [5.41, 5.74) is 0. The highest BCUT2D eigenvalue weighted by Crippen LogP contribution is 2.17. The van der Waals surface area contributed by atoms with Gasteiger partial charge in [0.05, 0.1) is 4.90 Å². The van der Waals surface area contributed by atoms with Crippen LogP contribution in [0.3, 0.4) is 0 Å². The molecule has 1 aromatic carbocycles. The molecular formula is C11H8NO2S. The van der Waals surface area contributed by atoms with Crippen LogP contribution >= 0.6 is 0 Å². The minimum absolute atomic E-state index is 0.0598. The Hall–Kier alpha value is -1.68. The standard InChI is InChI=1S/C11H8NO2S/c13-15(14,10-6-2-1-3-7-10)11-8-4-5-9-12-11/h1-2,4-9H. The summed E-state index contributed by atoms with van der Waals surface area (Å²) in [5.74, 6) is 0. The van der Waals surface area contributed by atoms with Crippen molar-refractivity contribution in [3.05, 3.63) is 54.7 Å². The third kappa shape index (κ3) is 1.89. The van der Waals surface area contributed by atoms with Crippen molar-refractivity contribution in [2.75, 3.05) is 0 Å². The summed E-state index contributed by atoms with van der Waals surface area (Å²) in [4.78, 5) is 4.04. The van der Waals surface area contributed by atoms with Crippen LogP contribution < -0.4 is 0 Å². The highest BCUT2D eigenvalue weighted by molar-refractivity contribution is 7.91. The molecule has 0 aliphatic carbocycles. The van der Waals surface area contributed by atoms with Crippen LogP contribution in [0, 0.1) is 6.07 Å². The second-order valence-electron chi connectivity index (χ2n) is 2.91. The Morgan fingerprint density at radius 1 is 1.13 bits per heavy atom. The average Bonchev–Trinajstić information content (AvgIpc) is 2.31. The van der Waals surface area contributed by atoms with Crippen molar-refractivity contribution in [1.29, 1.82) is 0 Å². The molecular weight excluding hydrogens is 210 g/mol. The highest BCUT2D eigenvalue weighted by Gasteiger charge is 2.17. The molecule has 0 atom stereocenters. The van der Waals surface area contributed by atoms with E-state index in [-0.39, 0.29) is 9.92 Å². The predicted molar refractivity (Wildman–Crippen MR) is 55.0 cm³/mol. The van der Waals surface area contributed by atoms with Gasteiger partial charge in [0.15, 0.2) is 5.03 Å². The van der Waals surface area contributed by atoms with Crippen molar-refractivity contribution in [1.82, 2.24) is 4.98 Å². The molecule has 0 N–H and O–H groups in total. The van der Waals surface area contributed by atoms with E-state index in [9.17, 15) is 8.42 Å². The number of benzene rings is 1. The Morgan fingerprint density at radius 2 is 2.00 bits per heavy atom. The number of hydrogen-bond donors (Lipinski definition) is 0. The summed E-state index contributed by atoms with van der Waals surface area (Å²) < 4.78 is 23.9. The van der Waals surface area contributed by atoms with Gasteiger partial charge in [-0.3, -0.25) is 0 Å². The van der Waals surface area contributed by atoms with Crippen molar-refractivity contribution >= 4 is 9.84 Å². The van der Waals surface area contributed by atoms with E-state index in [1.54, 1.807) is 24.3 Å². The molecule has 0 amide bonds. The van der Waals surface area contributed by atoms with E-state index in [4.69, 9.17) is 0 Å². The van der Waals surface area contributed by atoms with Crippen LogP contribution in [0.2, 0.25) is 0 Å². The number of aromatic nitrogens is 1. The Kier molecular flexibility index (Phi) is 2.51. The largest absolute Gasteiger partial charge is 0.244 e. The second-order valence-corrected chi connectivity index (χ2v) is 4.81. The first-order valence-electron chi connectivity index (χ1n) is 4.33. The van der Waals surface area contributed by atoms with Gasteiger partial charge in [-0.25, -0.2) is 13.4 Å². The molecule has 15 heavy (non-hydrogen) atoms. The van der Waals surface area contributed by atoms with Gasteiger partial charge < -0.3 is 0 Å². The summed E-state index contributed by atoms with van der Waals surface area (Å²) in [5, 5.41) is 0.0598. The van der Waals surface area contributed by atoms with Crippen molar-refractivity contribution in [3.63, 3.8) is 0 Å². The van der Waals surface area contributed by atoms with Crippen LogP contribution in [-0.2, 0) is 9.84 Å². The maximum absolute atomic E-state index is 12.0. The highest BCUT2D eigenvalue weighted by atomic mass is 32.2. The third-order valence-corrected chi connectivity index (χ3v) is 3.57. The van der Waals surface area contributed by atoms with Gasteiger partial charge in [-0.05, 0) is 30.3 Å². The molecule has 0 aliphatic heterocycles. The van der Waals surface area contributed by atoms with E-state index < -0.39 is 9.84 Å². The van der Waals surface area contributed by atoms with Crippen LogP contribution in [0.5, 0.6) is 0 Å². The fourth-order valence-corrected chi connectivity index (χ4v) is 2.35. The monoisotopic (exact) mass is 218 g/mol. The Bertz CT molecular complexity index is 490. The molecule has 2 aromatic rings. The lowest BCUT2D eigenvalue weighted by Crippen LogP contribution is -2.03. The molecule has 4 heteroatoms. The van der Waals surface area contributed by atoms with E-state index in [1.807, 2.05) is 0 Å². The number of sulfone groups is 1. The normalized spacial score (nSPS) is 11.2. The first-order chi connectivity index (χ1) is 7.21. The zero-order valence-corrected chi connectivity index (χ0v) is 8.61. The molecule has 0 bridgehead atoms. The van der Waals surface area contributed by atoms with E-state index in [1.165, 1.54) is 24.4 Å². The molecule has 2 rings (SSSR count). The van der Waals surface area contributed by atoms with E-state index in [0.717, 1.165) is 0 Å². The van der Waals surface area contributed by atoms with Crippen LogP contribution in [-0.4, -0.2) is 13.4 Å². The number of hydrogen-bond acceptors (Lipinski definition) is 3. The fourth-order valence-electron chi connectivity index (χ4n) is 1.17. The average molecular weight is 218 g/mol. The van der Waals surface area contributed by atoms with Gasteiger partial charge in [0, 0.05) is 6.20 Å². The Morgan fingerprint density at radius 3 is 2.60 bits per heavy atom. The zero-order chi connectivity index (χ0) is 10.7. The van der Waals surface area contributed by atoms with Gasteiger partial charge >= 0.3 is 0 Å². The van der Waals surface area contributed by atoms with E-state index >= 15 is 0 Å². The number of nitrogens with zero attached hydrogens (tertiary/aromatic N) is 1. The predicted octanol–water partition coefficient (Wildman–Crippen LogP) is 1.71. The van der Waals surface area contributed by atoms with Crippen molar-refractivity contribution in [2.45, 2.75) is 9.92 Å². The van der Waals surface area contributed by atoms with Gasteiger partial charge in [0.2, 0.25) is 9.84 Å². The molecule has 0 saturated carbocycles. The molecule has 1 heterocycles. The molecule has 0 fully saturated rings. The Labute approximate surface area is 88.3 Å². The fraction of sp³-hybridized carbons (Fsp3) is 0. The molecule has 1 radical (unpaired) electrons. The SMILES string of the molecule is O=S(=O)(c1c[c]ccc1)c1ccccn1. The number of pyridine rings is 1. The lowest BCUT2D eigenvalue weighted by Gasteiger charge is -2.01. The summed E-state index contributed by atoms with van der Waals surface area (Å²) >= 11 is 0. The maximum Gasteiger partial charge on any atom is 0.223 e. The second kappa shape index (κ2) is 3.82. The molecule has 3 nitrogen and oxygen atoms in total. The van der Waals surface area contributed by atoms with E-state index in [2.05, 4.69) is 11.1 Å². The molecule has 0 aliphatic rings. The van der Waals surface area contributed by atoms with Crippen LogP contribution in [0.25, 0.3) is 0 Å². The molecule has 0 unspecified atom stereocenters. The van der Waals surface area contributed by atoms with Gasteiger partial charge in [-0.15, -0.1) is 0 Å². The topological polar surface area (TPSA) is 47.0 Å². The third-order valence-electron chi connectivity index (χ3n) is 1.90. The lowest BCUT2D eigenvalue weighted by molar-refractivity contribution is 0.592. The quantitative estimate of drug-likeness (QED) is 0.771. The van der Waals surface area contributed by atoms with Gasteiger partial charge in [-0.2, -0.15) is 0 Å². The molecule has 0 saturated heterocycles. The van der Waals surface area contributed by atoms with Gasteiger partial charge in [0.25, 0.3) is 0 Å². The van der Waals surface area contributed by atoms with E-state index in [0.29, 0.717) is 0 Å². The minimum atomic E-state index is -3.48. The van der Waals surface area contributed by atoms with Crippen molar-refractivity contribution in [3.8, 4) is 0 Å². The van der Waals surface area contributed by atoms with Crippen molar-refractivity contribution < 1.29 is 8.42 Å². The summed E-state index contributed by atoms with van der Waals surface area (Å²) in [7, 11) is -3.48. The molecule has 0 spiro atoms. The first-order valence-corrected chi connectivity index (χ1v) is 5.82. The van der Waals surface area contributed by atoms with Gasteiger partial charge in [0.1, 0.15) is 0 Å². The van der Waals surface area contributed by atoms with Crippen molar-refractivity contribution in [2.24, 2.45) is 0 Å². The summed E-state index contributed by atoms with van der Waals surface area (Å²) in [6.45, 7) is 0. The smallest absolute Gasteiger partial charge is 0.223 e. The number of rotatable bonds is 2. The lowest BCUT2D eigenvalue weighted by atomic mass is 10.4. The van der Waals surface area contributed by atoms with Crippen LogP contribution in [0.4, 0.5) is 0 Å². The maximum atomic E-state index is 12.0. The molecule has 75 valence electrons. The molecule has 1 aromatic heterocycles. The van der Waals surface area contributed by atoms with Gasteiger partial charge in [-0.1, -0.05) is 18.2 Å². The first kappa shape index (κ1) is 9.86. The summed E-state index contributed by atoms with van der Waals surface area (Å²) in [6.07, 6.45) is 1.46. The summed E-state index contributed by atoms with van der Waals surface area (Å²) in [6, 6.07) is 13.8.